The van der Waals surface area contributed by atoms with Crippen LogP contribution in [0.2, 0.25) is 0 Å². The van der Waals surface area contributed by atoms with Gasteiger partial charge in [0.05, 0.1) is 42.7 Å². The number of fused-ring (bicyclic) bond motifs is 5. The quantitative estimate of drug-likeness (QED) is 0.149. The van der Waals surface area contributed by atoms with Gasteiger partial charge in [-0.15, -0.1) is 0 Å². The molecule has 4 heterocycles. The third-order valence-corrected chi connectivity index (χ3v) is 12.8. The minimum atomic E-state index is -4.49. The summed E-state index contributed by atoms with van der Waals surface area (Å²) in [7, 11) is 1.23. The highest BCUT2D eigenvalue weighted by Crippen LogP contribution is 2.55. The maximum Gasteiger partial charge on any atom is 0.407 e. The molecule has 5 aliphatic rings. The molecule has 2 aromatic heterocycles. The van der Waals surface area contributed by atoms with Crippen molar-refractivity contribution in [2.75, 3.05) is 7.11 Å². The average Bonchev–Trinajstić information content (AvgIpc) is 3.84. The maximum absolute atomic E-state index is 14.0. The molecule has 306 valence electrons. The number of aromatic amines is 2. The summed E-state index contributed by atoms with van der Waals surface area (Å²) in [4.78, 5) is 59.6. The first-order valence-corrected chi connectivity index (χ1v) is 20.6. The molecular weight excluding hydrogens is 748 g/mol. The number of hydrogen-bond acceptors (Lipinski definition) is 6. The Morgan fingerprint density at radius 1 is 0.828 bits per heavy atom. The highest BCUT2D eigenvalue weighted by molar-refractivity contribution is 5.87. The number of halogens is 3. The second-order valence-electron chi connectivity index (χ2n) is 17.8. The number of likely N-dealkylation sites (tertiary alicyclic amines) is 2. The molecule has 0 bridgehead atoms. The van der Waals surface area contributed by atoms with Crippen molar-refractivity contribution in [3.8, 4) is 33.6 Å². The second kappa shape index (κ2) is 14.3. The first-order chi connectivity index (χ1) is 27.7. The lowest BCUT2D eigenvalue weighted by Crippen LogP contribution is -2.52. The topological polar surface area (TPSA) is 136 Å². The van der Waals surface area contributed by atoms with Gasteiger partial charge in [0.25, 0.3) is 0 Å². The number of nitrogens with one attached hydrogen (secondary N) is 3. The van der Waals surface area contributed by atoms with Gasteiger partial charge in [0.1, 0.15) is 17.7 Å². The van der Waals surface area contributed by atoms with E-state index in [1.165, 1.54) is 12.7 Å². The van der Waals surface area contributed by atoms with E-state index in [-0.39, 0.29) is 47.1 Å². The summed E-state index contributed by atoms with van der Waals surface area (Å²) in [5.41, 5.74) is 6.89. The maximum atomic E-state index is 14.0. The van der Waals surface area contributed by atoms with E-state index < -0.39 is 30.8 Å². The molecule has 4 aromatic rings. The lowest BCUT2D eigenvalue weighted by Gasteiger charge is -2.31. The largest absolute Gasteiger partial charge is 0.453 e. The third kappa shape index (κ3) is 7.06. The van der Waals surface area contributed by atoms with E-state index in [4.69, 9.17) is 14.7 Å². The van der Waals surface area contributed by atoms with Crippen molar-refractivity contribution in [3.05, 3.63) is 71.1 Å². The van der Waals surface area contributed by atoms with E-state index in [2.05, 4.69) is 52.2 Å². The van der Waals surface area contributed by atoms with Gasteiger partial charge in [-0.3, -0.25) is 9.59 Å². The van der Waals surface area contributed by atoms with Crippen LogP contribution in [0.1, 0.15) is 100 Å². The van der Waals surface area contributed by atoms with Crippen LogP contribution in [0.5, 0.6) is 0 Å². The molecule has 58 heavy (non-hydrogen) atoms. The van der Waals surface area contributed by atoms with Crippen molar-refractivity contribution in [2.45, 2.75) is 115 Å². The SMILES string of the molecule is COC(=O)N[C@H](C(=O)N1C2CC2C[C@H]1c1nc(-c2ccc(-c3ccc4c(c3)CCc3[nH]c([C@@H]5C[C@H]6C[C@H]6N5C(=O)CC(C)C)nc3-4)cc2)c(CC(F)(F)F)[nH]1)C(C)C. The highest BCUT2D eigenvalue weighted by atomic mass is 19.4. The number of methoxy groups -OCH3 is 1. The van der Waals surface area contributed by atoms with Gasteiger partial charge in [0.2, 0.25) is 11.8 Å². The van der Waals surface area contributed by atoms with Crippen molar-refractivity contribution in [1.82, 2.24) is 35.1 Å². The number of H-pyrrole nitrogens is 2. The zero-order valence-corrected chi connectivity index (χ0v) is 33.5. The number of imidazole rings is 2. The molecule has 2 unspecified atom stereocenters. The lowest BCUT2D eigenvalue weighted by molar-refractivity contribution is -0.137. The molecule has 3 N–H and O–H groups in total. The van der Waals surface area contributed by atoms with Crippen LogP contribution in [-0.2, 0) is 33.6 Å². The standard InChI is InChI=1S/C44H50F3N7O4/c1-21(2)14-36(55)53-32-16-27(32)18-34(53)40-48-30-13-11-26-15-25(10-12-29(26)39(30)51-40)23-6-8-24(9-7-23)38-31(20-44(45,46)47)49-41(50-38)35-19-28-17-33(28)54(35)42(56)37(22(3)4)52-43(57)58-5/h6-10,12,15,21-22,27-28,32-35,37H,11,13-14,16-20H2,1-5H3,(H,48,51)(H,49,50)(H,52,57)/t27-,28?,32-,33?,34+,35+,37+/m1/s1. The molecule has 3 aliphatic carbocycles. The number of alkyl halides is 3. The highest BCUT2D eigenvalue weighted by Gasteiger charge is 2.57. The van der Waals surface area contributed by atoms with Gasteiger partial charge in [-0.1, -0.05) is 70.2 Å². The van der Waals surface area contributed by atoms with Gasteiger partial charge < -0.3 is 29.8 Å². The molecule has 0 radical (unpaired) electrons. The second-order valence-corrected chi connectivity index (χ2v) is 17.8. The molecule has 0 spiro atoms. The Labute approximate surface area is 335 Å². The van der Waals surface area contributed by atoms with Crippen LogP contribution in [0.3, 0.4) is 0 Å². The van der Waals surface area contributed by atoms with Gasteiger partial charge in [0, 0.05) is 35.3 Å². The Bertz CT molecular complexity index is 2260. The van der Waals surface area contributed by atoms with Gasteiger partial charge in [-0.05, 0) is 78.9 Å². The monoisotopic (exact) mass is 797 g/mol. The summed E-state index contributed by atoms with van der Waals surface area (Å²) < 4.78 is 46.7. The Kier molecular flexibility index (Phi) is 9.46. The first kappa shape index (κ1) is 38.4. The van der Waals surface area contributed by atoms with Crippen molar-refractivity contribution < 1.29 is 32.3 Å². The minimum absolute atomic E-state index is 0.0122. The molecule has 2 saturated heterocycles. The number of carbonyl (C=O) groups excluding carboxylic acids is 3. The molecule has 14 heteroatoms. The predicted octanol–water partition coefficient (Wildman–Crippen LogP) is 8.09. The number of benzene rings is 2. The number of ether oxygens (including phenoxy) is 1. The molecule has 7 atom stereocenters. The molecule has 2 saturated carbocycles. The zero-order chi connectivity index (χ0) is 40.8. The number of nitrogens with zero attached hydrogens (tertiary/aromatic N) is 4. The number of aryl methyl sites for hydroxylation is 2. The zero-order valence-electron chi connectivity index (χ0n) is 33.5. The number of hydrogen-bond donors (Lipinski definition) is 3. The summed E-state index contributed by atoms with van der Waals surface area (Å²) in [6, 6.07) is 12.6. The number of rotatable bonds is 10. The first-order valence-electron chi connectivity index (χ1n) is 20.6. The fraction of sp³-hybridized carbons (Fsp3) is 0.523. The van der Waals surface area contributed by atoms with Crippen LogP contribution in [0.4, 0.5) is 18.0 Å². The summed E-state index contributed by atoms with van der Waals surface area (Å²) >= 11 is 0. The van der Waals surface area contributed by atoms with Crippen LogP contribution >= 0.6 is 0 Å². The number of aromatic nitrogens is 4. The average molecular weight is 798 g/mol. The summed E-state index contributed by atoms with van der Waals surface area (Å²) in [5.74, 6) is 1.97. The van der Waals surface area contributed by atoms with E-state index in [0.717, 1.165) is 66.0 Å². The number of amides is 3. The van der Waals surface area contributed by atoms with Crippen molar-refractivity contribution in [1.29, 1.82) is 0 Å². The molecule has 2 aromatic carbocycles. The molecule has 11 nitrogen and oxygen atoms in total. The van der Waals surface area contributed by atoms with Gasteiger partial charge >= 0.3 is 12.3 Å². The molecule has 4 fully saturated rings. The van der Waals surface area contributed by atoms with Gasteiger partial charge in [0.15, 0.2) is 0 Å². The van der Waals surface area contributed by atoms with Crippen LogP contribution in [0.15, 0.2) is 42.5 Å². The van der Waals surface area contributed by atoms with Crippen LogP contribution < -0.4 is 5.32 Å². The summed E-state index contributed by atoms with van der Waals surface area (Å²) in [5, 5.41) is 2.64. The molecular formula is C44H50F3N7O4. The van der Waals surface area contributed by atoms with E-state index >= 15 is 0 Å². The Hall–Kier alpha value is -5.14. The van der Waals surface area contributed by atoms with Crippen LogP contribution in [0, 0.1) is 23.7 Å². The third-order valence-electron chi connectivity index (χ3n) is 12.8. The normalized spacial score (nSPS) is 24.7. The Balaban J connectivity index is 0.962. The van der Waals surface area contributed by atoms with Gasteiger partial charge in [-0.25, -0.2) is 14.8 Å². The van der Waals surface area contributed by atoms with E-state index in [0.29, 0.717) is 42.1 Å². The van der Waals surface area contributed by atoms with Crippen LogP contribution in [0.25, 0.3) is 33.6 Å². The fourth-order valence-corrected chi connectivity index (χ4v) is 9.83. The van der Waals surface area contributed by atoms with Crippen molar-refractivity contribution in [3.63, 3.8) is 0 Å². The minimum Gasteiger partial charge on any atom is -0.453 e. The summed E-state index contributed by atoms with van der Waals surface area (Å²) in [6.07, 6.45) is -0.788. The van der Waals surface area contributed by atoms with Gasteiger partial charge in [-0.2, -0.15) is 13.2 Å². The molecule has 2 aliphatic heterocycles. The van der Waals surface area contributed by atoms with E-state index in [1.807, 2.05) is 26.0 Å². The smallest absolute Gasteiger partial charge is 0.407 e. The lowest BCUT2D eigenvalue weighted by atomic mass is 9.89. The Morgan fingerprint density at radius 3 is 2.10 bits per heavy atom. The fourth-order valence-electron chi connectivity index (χ4n) is 9.83. The number of carbonyl (C=O) groups is 3. The molecule has 3 amide bonds. The van der Waals surface area contributed by atoms with Crippen molar-refractivity contribution >= 4 is 17.9 Å². The van der Waals surface area contributed by atoms with Crippen molar-refractivity contribution in [2.24, 2.45) is 23.7 Å². The molecule has 9 rings (SSSR count). The Morgan fingerprint density at radius 2 is 1.45 bits per heavy atom. The number of alkyl carbamates (subject to hydrolysis) is 1. The summed E-state index contributed by atoms with van der Waals surface area (Å²) in [6.45, 7) is 7.81. The van der Waals surface area contributed by atoms with E-state index in [1.54, 1.807) is 17.0 Å². The predicted molar refractivity (Wildman–Crippen MR) is 210 cm³/mol. The van der Waals surface area contributed by atoms with Crippen LogP contribution in [-0.4, -0.2) is 79.1 Å². The van der Waals surface area contributed by atoms with E-state index in [9.17, 15) is 27.6 Å². The number of piperidine rings is 2.